The molecule has 20 heavy (non-hydrogen) atoms. The van der Waals surface area contributed by atoms with Crippen LogP contribution in [0.5, 0.6) is 0 Å². The molecule has 0 atom stereocenters. The van der Waals surface area contributed by atoms with Gasteiger partial charge in [-0.2, -0.15) is 8.78 Å². The molecule has 1 amide bonds. The molecule has 0 spiro atoms. The van der Waals surface area contributed by atoms with E-state index in [0.717, 1.165) is 10.1 Å². The van der Waals surface area contributed by atoms with Gasteiger partial charge in [-0.1, -0.05) is 18.2 Å². The van der Waals surface area contributed by atoms with Gasteiger partial charge in [-0.15, -0.1) is 0 Å². The third-order valence-corrected chi connectivity index (χ3v) is 3.06. The fraction of sp³-hybridized carbons (Fsp3) is 0.286. The Morgan fingerprint density at radius 2 is 2.10 bits per heavy atom. The molecule has 0 saturated heterocycles. The Balaban J connectivity index is 2.16. The van der Waals surface area contributed by atoms with E-state index in [1.165, 1.54) is 17.3 Å². The Bertz CT molecular complexity index is 610. The number of benzene rings is 1. The predicted octanol–water partition coefficient (Wildman–Crippen LogP) is 2.86. The van der Waals surface area contributed by atoms with Crippen molar-refractivity contribution in [1.29, 1.82) is 0 Å². The molecule has 2 aromatic rings. The van der Waals surface area contributed by atoms with Crippen molar-refractivity contribution in [2.75, 3.05) is 7.05 Å². The van der Waals surface area contributed by atoms with Crippen LogP contribution in [0.3, 0.4) is 0 Å². The molecule has 0 saturated carbocycles. The van der Waals surface area contributed by atoms with Gasteiger partial charge in [-0.3, -0.25) is 9.36 Å². The number of amides is 1. The van der Waals surface area contributed by atoms with Crippen molar-refractivity contribution in [3.05, 3.63) is 53.6 Å². The van der Waals surface area contributed by atoms with Crippen LogP contribution in [0.1, 0.15) is 28.3 Å². The summed E-state index contributed by atoms with van der Waals surface area (Å²) in [7, 11) is 1.57. The first kappa shape index (κ1) is 14.2. The van der Waals surface area contributed by atoms with Crippen LogP contribution in [0.15, 0.2) is 36.7 Å². The molecule has 4 nitrogen and oxygen atoms in total. The fourth-order valence-electron chi connectivity index (χ4n) is 1.95. The monoisotopic (exact) mass is 279 g/mol. The van der Waals surface area contributed by atoms with Crippen LogP contribution in [0.2, 0.25) is 0 Å². The van der Waals surface area contributed by atoms with Crippen LogP contribution in [0.4, 0.5) is 8.78 Å². The lowest BCUT2D eigenvalue weighted by atomic mass is 10.1. The number of hydrogen-bond acceptors (Lipinski definition) is 2. The average molecular weight is 279 g/mol. The van der Waals surface area contributed by atoms with Gasteiger partial charge in [-0.05, 0) is 18.6 Å². The second kappa shape index (κ2) is 5.81. The standard InChI is InChI=1S/C14H15F2N3O/c1-10-5-3-4-6-11(10)13(20)18(2)9-12-17-7-8-19(12)14(15)16/h3-8,14H,9H2,1-2H3. The first-order chi connectivity index (χ1) is 9.50. The molecular formula is C14H15F2N3O. The zero-order valence-electron chi connectivity index (χ0n) is 11.3. The Hall–Kier alpha value is -2.24. The van der Waals surface area contributed by atoms with Gasteiger partial charge in [0.1, 0.15) is 5.82 Å². The third-order valence-electron chi connectivity index (χ3n) is 3.06. The van der Waals surface area contributed by atoms with Gasteiger partial charge in [0.25, 0.3) is 5.91 Å². The van der Waals surface area contributed by atoms with E-state index in [-0.39, 0.29) is 18.3 Å². The normalized spacial score (nSPS) is 10.8. The largest absolute Gasteiger partial charge is 0.334 e. The van der Waals surface area contributed by atoms with E-state index >= 15 is 0 Å². The molecule has 1 heterocycles. The predicted molar refractivity (Wildman–Crippen MR) is 70.5 cm³/mol. The highest BCUT2D eigenvalue weighted by molar-refractivity contribution is 5.95. The van der Waals surface area contributed by atoms with Crippen molar-refractivity contribution in [1.82, 2.24) is 14.5 Å². The second-order valence-corrected chi connectivity index (χ2v) is 4.50. The highest BCUT2D eigenvalue weighted by Gasteiger charge is 2.18. The van der Waals surface area contributed by atoms with Crippen molar-refractivity contribution in [2.24, 2.45) is 0 Å². The summed E-state index contributed by atoms with van der Waals surface area (Å²) in [6, 6.07) is 7.17. The van der Waals surface area contributed by atoms with Crippen molar-refractivity contribution >= 4 is 5.91 Å². The molecule has 1 aromatic carbocycles. The summed E-state index contributed by atoms with van der Waals surface area (Å²) in [6.07, 6.45) is 2.50. The summed E-state index contributed by atoms with van der Waals surface area (Å²) >= 11 is 0. The highest BCUT2D eigenvalue weighted by Crippen LogP contribution is 2.15. The molecular weight excluding hydrogens is 264 g/mol. The molecule has 0 aliphatic heterocycles. The first-order valence-corrected chi connectivity index (χ1v) is 6.11. The lowest BCUT2D eigenvalue weighted by Crippen LogP contribution is -2.28. The molecule has 1 aromatic heterocycles. The van der Waals surface area contributed by atoms with E-state index < -0.39 is 6.55 Å². The lowest BCUT2D eigenvalue weighted by Gasteiger charge is -2.18. The fourth-order valence-corrected chi connectivity index (χ4v) is 1.95. The third kappa shape index (κ3) is 2.84. The summed E-state index contributed by atoms with van der Waals surface area (Å²) in [4.78, 5) is 17.5. The zero-order chi connectivity index (χ0) is 14.7. The van der Waals surface area contributed by atoms with Gasteiger partial charge < -0.3 is 4.90 Å². The van der Waals surface area contributed by atoms with E-state index in [1.807, 2.05) is 19.1 Å². The van der Waals surface area contributed by atoms with E-state index in [1.54, 1.807) is 19.2 Å². The number of carbonyl (C=O) groups is 1. The SMILES string of the molecule is Cc1ccccc1C(=O)N(C)Cc1nccn1C(F)F. The molecule has 0 fully saturated rings. The molecule has 0 bridgehead atoms. The number of carbonyl (C=O) groups excluding carboxylic acids is 1. The number of aryl methyl sites for hydroxylation is 1. The molecule has 6 heteroatoms. The molecule has 0 N–H and O–H groups in total. The quantitative estimate of drug-likeness (QED) is 0.863. The van der Waals surface area contributed by atoms with Gasteiger partial charge in [0.15, 0.2) is 0 Å². The van der Waals surface area contributed by atoms with Crippen molar-refractivity contribution < 1.29 is 13.6 Å². The Labute approximate surface area is 115 Å². The number of aromatic nitrogens is 2. The van der Waals surface area contributed by atoms with Gasteiger partial charge >= 0.3 is 6.55 Å². The number of imidazole rings is 1. The Kier molecular flexibility index (Phi) is 4.12. The topological polar surface area (TPSA) is 38.1 Å². The van der Waals surface area contributed by atoms with Crippen LogP contribution in [0.25, 0.3) is 0 Å². The van der Waals surface area contributed by atoms with E-state index in [4.69, 9.17) is 0 Å². The first-order valence-electron chi connectivity index (χ1n) is 6.11. The Morgan fingerprint density at radius 3 is 2.75 bits per heavy atom. The maximum absolute atomic E-state index is 12.7. The molecule has 106 valence electrons. The summed E-state index contributed by atoms with van der Waals surface area (Å²) in [5, 5.41) is 0. The van der Waals surface area contributed by atoms with Crippen LogP contribution < -0.4 is 0 Å². The number of halogens is 2. The molecule has 0 aliphatic carbocycles. The zero-order valence-corrected chi connectivity index (χ0v) is 11.3. The molecule has 2 rings (SSSR count). The number of hydrogen-bond donors (Lipinski definition) is 0. The van der Waals surface area contributed by atoms with Crippen LogP contribution in [0, 0.1) is 6.92 Å². The second-order valence-electron chi connectivity index (χ2n) is 4.50. The maximum atomic E-state index is 12.7. The minimum atomic E-state index is -2.66. The minimum absolute atomic E-state index is 0.0322. The van der Waals surface area contributed by atoms with Crippen LogP contribution >= 0.6 is 0 Å². The van der Waals surface area contributed by atoms with Crippen molar-refractivity contribution in [3.63, 3.8) is 0 Å². The molecule has 0 unspecified atom stereocenters. The lowest BCUT2D eigenvalue weighted by molar-refractivity contribution is 0.0612. The van der Waals surface area contributed by atoms with Crippen molar-refractivity contribution in [2.45, 2.75) is 20.0 Å². The number of rotatable bonds is 4. The van der Waals surface area contributed by atoms with E-state index in [9.17, 15) is 13.6 Å². The van der Waals surface area contributed by atoms with Crippen molar-refractivity contribution in [3.8, 4) is 0 Å². The summed E-state index contributed by atoms with van der Waals surface area (Å²) < 4.78 is 26.2. The van der Waals surface area contributed by atoms with E-state index in [0.29, 0.717) is 5.56 Å². The number of nitrogens with zero attached hydrogens (tertiary/aromatic N) is 3. The average Bonchev–Trinajstić information content (AvgIpc) is 2.86. The summed E-state index contributed by atoms with van der Waals surface area (Å²) in [5.41, 5.74) is 1.41. The van der Waals surface area contributed by atoms with Gasteiger partial charge in [0.2, 0.25) is 0 Å². The van der Waals surface area contributed by atoms with Crippen LogP contribution in [-0.4, -0.2) is 27.4 Å². The van der Waals surface area contributed by atoms with Gasteiger partial charge in [0.05, 0.1) is 6.54 Å². The summed E-state index contributed by atoms with van der Waals surface area (Å²) in [6.45, 7) is -0.791. The minimum Gasteiger partial charge on any atom is -0.334 e. The Morgan fingerprint density at radius 1 is 1.40 bits per heavy atom. The van der Waals surface area contributed by atoms with E-state index in [2.05, 4.69) is 4.98 Å². The smallest absolute Gasteiger partial charge is 0.319 e. The molecule has 0 aliphatic rings. The highest BCUT2D eigenvalue weighted by atomic mass is 19.3. The number of alkyl halides is 2. The van der Waals surface area contributed by atoms with Gasteiger partial charge in [0, 0.05) is 25.0 Å². The van der Waals surface area contributed by atoms with Gasteiger partial charge in [-0.25, -0.2) is 4.98 Å². The maximum Gasteiger partial charge on any atom is 0.319 e. The van der Waals surface area contributed by atoms with Crippen LogP contribution in [-0.2, 0) is 6.54 Å². The molecule has 0 radical (unpaired) electrons. The summed E-state index contributed by atoms with van der Waals surface area (Å²) in [5.74, 6) is -0.0589.